The first-order valence-corrected chi connectivity index (χ1v) is 13.7. The maximum Gasteiger partial charge on any atom is 0.407 e. The number of ether oxygens (including phenoxy) is 3. The van der Waals surface area contributed by atoms with Gasteiger partial charge in [0.1, 0.15) is 12.2 Å². The van der Waals surface area contributed by atoms with Gasteiger partial charge in [-0.25, -0.2) is 14.4 Å². The zero-order valence-corrected chi connectivity index (χ0v) is 25.2. The number of carbonyl (C=O) groups excluding carboxylic acids is 3. The van der Waals surface area contributed by atoms with Crippen molar-refractivity contribution in [3.05, 3.63) is 87.7 Å². The smallest absolute Gasteiger partial charge is 0.407 e. The molecule has 0 aliphatic carbocycles. The van der Waals surface area contributed by atoms with Crippen LogP contribution in [0.1, 0.15) is 83.4 Å². The van der Waals surface area contributed by atoms with E-state index in [2.05, 4.69) is 19.2 Å². The van der Waals surface area contributed by atoms with Crippen molar-refractivity contribution in [1.29, 1.82) is 0 Å². The first-order valence-electron chi connectivity index (χ1n) is 13.7. The van der Waals surface area contributed by atoms with E-state index in [0.717, 1.165) is 27.9 Å². The van der Waals surface area contributed by atoms with Gasteiger partial charge in [0.15, 0.2) is 0 Å². The number of methoxy groups -OCH3 is 1. The van der Waals surface area contributed by atoms with Crippen LogP contribution in [-0.2, 0) is 33.8 Å². The molecule has 0 aliphatic rings. The summed E-state index contributed by atoms with van der Waals surface area (Å²) in [5, 5.41) is 2.86. The number of nitrogens with zero attached hydrogens (tertiary/aromatic N) is 1. The summed E-state index contributed by atoms with van der Waals surface area (Å²) in [5.41, 5.74) is 5.49. The van der Waals surface area contributed by atoms with Crippen LogP contribution in [0.25, 0.3) is 11.1 Å². The molecule has 0 aliphatic heterocycles. The van der Waals surface area contributed by atoms with Gasteiger partial charge in [0, 0.05) is 23.4 Å². The number of nitrogens with one attached hydrogen (secondary N) is 1. The number of hydrogen-bond donors (Lipinski definition) is 1. The van der Waals surface area contributed by atoms with Gasteiger partial charge < -0.3 is 19.5 Å². The van der Waals surface area contributed by atoms with Gasteiger partial charge in [-0.15, -0.1) is 0 Å². The van der Waals surface area contributed by atoms with E-state index in [-0.39, 0.29) is 13.2 Å². The molecule has 41 heavy (non-hydrogen) atoms. The zero-order chi connectivity index (χ0) is 30.3. The molecule has 0 spiro atoms. The predicted molar refractivity (Wildman–Crippen MR) is 158 cm³/mol. The summed E-state index contributed by atoms with van der Waals surface area (Å²) >= 11 is 0. The standard InChI is InChI=1S/C33H40N2O6/c1-20(2)17-27-26(18-34-32(38)41-33(5,6)7)29(24-13-9-21(3)10-14-24)28(22(4)35-27)31(37)40-19-23-11-15-25(16-12-23)30(36)39-8/h9-16,20H,17-19H2,1-8H3,(H,34,38). The Bertz CT molecular complexity index is 1390. The van der Waals surface area contributed by atoms with Crippen LogP contribution in [0.15, 0.2) is 48.5 Å². The molecule has 0 bridgehead atoms. The van der Waals surface area contributed by atoms with E-state index in [1.165, 1.54) is 7.11 Å². The number of hydrogen-bond acceptors (Lipinski definition) is 7. The first-order chi connectivity index (χ1) is 19.3. The minimum atomic E-state index is -0.653. The minimum Gasteiger partial charge on any atom is -0.465 e. The Balaban J connectivity index is 2.05. The third-order valence-corrected chi connectivity index (χ3v) is 6.26. The lowest BCUT2D eigenvalue weighted by Crippen LogP contribution is -2.32. The molecule has 1 heterocycles. The molecule has 3 aromatic rings. The molecule has 0 unspecified atom stereocenters. The van der Waals surface area contributed by atoms with Gasteiger partial charge in [-0.05, 0) is 70.2 Å². The molecule has 8 nitrogen and oxygen atoms in total. The van der Waals surface area contributed by atoms with E-state index in [0.29, 0.717) is 34.7 Å². The molecule has 1 N–H and O–H groups in total. The molecular formula is C33H40N2O6. The van der Waals surface area contributed by atoms with Gasteiger partial charge in [0.2, 0.25) is 0 Å². The Morgan fingerprint density at radius 3 is 2.12 bits per heavy atom. The predicted octanol–water partition coefficient (Wildman–Crippen LogP) is 6.73. The van der Waals surface area contributed by atoms with Crippen LogP contribution < -0.4 is 5.32 Å². The summed E-state index contributed by atoms with van der Waals surface area (Å²) in [5.74, 6) is -0.678. The summed E-state index contributed by atoms with van der Waals surface area (Å²) < 4.78 is 16.0. The van der Waals surface area contributed by atoms with Gasteiger partial charge in [-0.2, -0.15) is 0 Å². The lowest BCUT2D eigenvalue weighted by atomic mass is 9.89. The summed E-state index contributed by atoms with van der Waals surface area (Å²) in [4.78, 5) is 42.9. The molecule has 1 aromatic heterocycles. The normalized spacial score (nSPS) is 11.2. The van der Waals surface area contributed by atoms with E-state index < -0.39 is 23.6 Å². The Hall–Kier alpha value is -4.20. The van der Waals surface area contributed by atoms with Crippen molar-refractivity contribution < 1.29 is 28.6 Å². The third-order valence-electron chi connectivity index (χ3n) is 6.26. The second-order valence-corrected chi connectivity index (χ2v) is 11.5. The quantitative estimate of drug-likeness (QED) is 0.228. The Labute approximate surface area is 242 Å². The number of alkyl carbamates (subject to hydrolysis) is 1. The van der Waals surface area contributed by atoms with Gasteiger partial charge >= 0.3 is 18.0 Å². The van der Waals surface area contributed by atoms with Crippen LogP contribution >= 0.6 is 0 Å². The number of aryl methyl sites for hydroxylation is 2. The summed E-state index contributed by atoms with van der Waals surface area (Å²) in [7, 11) is 1.32. The van der Waals surface area contributed by atoms with Crippen molar-refractivity contribution >= 4 is 18.0 Å². The van der Waals surface area contributed by atoms with Crippen molar-refractivity contribution in [2.24, 2.45) is 5.92 Å². The fourth-order valence-electron chi connectivity index (χ4n) is 4.39. The molecular weight excluding hydrogens is 520 g/mol. The second-order valence-electron chi connectivity index (χ2n) is 11.5. The maximum absolute atomic E-state index is 13.7. The van der Waals surface area contributed by atoms with E-state index in [4.69, 9.17) is 19.2 Å². The molecule has 218 valence electrons. The van der Waals surface area contributed by atoms with Crippen molar-refractivity contribution in [1.82, 2.24) is 10.3 Å². The monoisotopic (exact) mass is 560 g/mol. The molecule has 0 atom stereocenters. The van der Waals surface area contributed by atoms with Crippen molar-refractivity contribution in [3.8, 4) is 11.1 Å². The van der Waals surface area contributed by atoms with Gasteiger partial charge in [-0.3, -0.25) is 4.98 Å². The van der Waals surface area contributed by atoms with Crippen LogP contribution in [0.4, 0.5) is 4.79 Å². The summed E-state index contributed by atoms with van der Waals surface area (Å²) in [6.07, 6.45) is 0.107. The Kier molecular flexibility index (Phi) is 10.3. The van der Waals surface area contributed by atoms with Gasteiger partial charge in [0.05, 0.1) is 23.9 Å². The first kappa shape index (κ1) is 31.3. The molecule has 8 heteroatoms. The summed E-state index contributed by atoms with van der Waals surface area (Å²) in [6.45, 7) is 13.5. The lowest BCUT2D eigenvalue weighted by Gasteiger charge is -2.23. The van der Waals surface area contributed by atoms with Crippen LogP contribution in [0.2, 0.25) is 0 Å². The van der Waals surface area contributed by atoms with Crippen LogP contribution in [0.5, 0.6) is 0 Å². The molecule has 2 aromatic carbocycles. The fourth-order valence-corrected chi connectivity index (χ4v) is 4.39. The molecule has 0 saturated carbocycles. The highest BCUT2D eigenvalue weighted by Crippen LogP contribution is 2.33. The minimum absolute atomic E-state index is 0.00625. The number of carbonyl (C=O) groups is 3. The Morgan fingerprint density at radius 1 is 0.927 bits per heavy atom. The summed E-state index contributed by atoms with van der Waals surface area (Å²) in [6, 6.07) is 14.6. The number of benzene rings is 2. The highest BCUT2D eigenvalue weighted by atomic mass is 16.6. The molecule has 3 rings (SSSR count). The molecule has 0 fully saturated rings. The van der Waals surface area contributed by atoms with E-state index in [1.807, 2.05) is 31.2 Å². The number of rotatable bonds is 9. The molecule has 0 saturated heterocycles. The topological polar surface area (TPSA) is 104 Å². The number of aromatic nitrogens is 1. The fraction of sp³-hybridized carbons (Fsp3) is 0.394. The third kappa shape index (κ3) is 8.64. The van der Waals surface area contributed by atoms with Gasteiger partial charge in [0.25, 0.3) is 0 Å². The number of amides is 1. The SMILES string of the molecule is COC(=O)c1ccc(COC(=O)c2c(C)nc(CC(C)C)c(CNC(=O)OC(C)(C)C)c2-c2ccc(C)cc2)cc1. The zero-order valence-electron chi connectivity index (χ0n) is 25.2. The Morgan fingerprint density at radius 2 is 1.56 bits per heavy atom. The van der Waals surface area contributed by atoms with Crippen LogP contribution in [-0.4, -0.2) is 35.7 Å². The largest absolute Gasteiger partial charge is 0.465 e. The van der Waals surface area contributed by atoms with E-state index >= 15 is 0 Å². The highest BCUT2D eigenvalue weighted by Gasteiger charge is 2.26. The molecule has 1 amide bonds. The van der Waals surface area contributed by atoms with Gasteiger partial charge in [-0.1, -0.05) is 55.8 Å². The number of esters is 2. The second kappa shape index (κ2) is 13.4. The van der Waals surface area contributed by atoms with Crippen molar-refractivity contribution in [2.75, 3.05) is 7.11 Å². The van der Waals surface area contributed by atoms with Crippen LogP contribution in [0.3, 0.4) is 0 Å². The average Bonchev–Trinajstić information content (AvgIpc) is 2.90. The van der Waals surface area contributed by atoms with Crippen molar-refractivity contribution in [2.45, 2.75) is 73.6 Å². The molecule has 0 radical (unpaired) electrons. The maximum atomic E-state index is 13.7. The van der Waals surface area contributed by atoms with Crippen LogP contribution in [0, 0.1) is 19.8 Å². The average molecular weight is 561 g/mol. The number of pyridine rings is 1. The van der Waals surface area contributed by atoms with E-state index in [9.17, 15) is 14.4 Å². The lowest BCUT2D eigenvalue weighted by molar-refractivity contribution is 0.0470. The highest BCUT2D eigenvalue weighted by molar-refractivity contribution is 5.99. The van der Waals surface area contributed by atoms with E-state index in [1.54, 1.807) is 52.0 Å². The van der Waals surface area contributed by atoms with Crippen molar-refractivity contribution in [3.63, 3.8) is 0 Å².